The highest BCUT2D eigenvalue weighted by atomic mass is 32.2. The van der Waals surface area contributed by atoms with Gasteiger partial charge in [0.2, 0.25) is 15.9 Å². The Bertz CT molecular complexity index is 619. The molecule has 0 spiro atoms. The predicted molar refractivity (Wildman–Crippen MR) is 89.1 cm³/mol. The molecule has 0 saturated carbocycles. The van der Waals surface area contributed by atoms with Gasteiger partial charge in [-0.15, -0.1) is 0 Å². The number of amides is 1. The highest BCUT2D eigenvalue weighted by Gasteiger charge is 2.29. The minimum atomic E-state index is -3.46. The van der Waals surface area contributed by atoms with E-state index in [2.05, 4.69) is 11.9 Å². The molecule has 0 aliphatic carbocycles. The molecule has 128 valence electrons. The van der Waals surface area contributed by atoms with E-state index < -0.39 is 10.0 Å². The molecular weight excluding hydrogens is 314 g/mol. The van der Waals surface area contributed by atoms with E-state index in [0.717, 1.165) is 44.0 Å². The molecule has 1 aliphatic heterocycles. The fourth-order valence-electron chi connectivity index (χ4n) is 2.98. The fourth-order valence-corrected chi connectivity index (χ4v) is 3.71. The summed E-state index contributed by atoms with van der Waals surface area (Å²) >= 11 is 0. The quantitative estimate of drug-likeness (QED) is 0.790. The fraction of sp³-hybridized carbons (Fsp3) is 0.625. The molecular formula is C16H25N3O3S. The minimum absolute atomic E-state index is 0.106. The van der Waals surface area contributed by atoms with E-state index in [1.807, 2.05) is 11.0 Å². The van der Waals surface area contributed by atoms with Crippen molar-refractivity contribution in [1.82, 2.24) is 14.2 Å². The monoisotopic (exact) mass is 339 g/mol. The second-order valence-electron chi connectivity index (χ2n) is 6.04. The highest BCUT2D eigenvalue weighted by Crippen LogP contribution is 2.20. The number of nitrogens with zero attached hydrogens (tertiary/aromatic N) is 3. The number of rotatable bonds is 6. The van der Waals surface area contributed by atoms with E-state index in [9.17, 15) is 13.2 Å². The van der Waals surface area contributed by atoms with Crippen molar-refractivity contribution in [2.75, 3.05) is 19.3 Å². The van der Waals surface area contributed by atoms with Crippen LogP contribution in [0.15, 0.2) is 24.5 Å². The Hall–Kier alpha value is -1.47. The molecule has 6 nitrogen and oxygen atoms in total. The Balaban J connectivity index is 2.09. The zero-order valence-electron chi connectivity index (χ0n) is 13.8. The third-order valence-corrected chi connectivity index (χ3v) is 5.48. The lowest BCUT2D eigenvalue weighted by Gasteiger charge is -2.36. The largest absolute Gasteiger partial charge is 0.339 e. The number of likely N-dealkylation sites (tertiary alicyclic amines) is 1. The normalized spacial score (nSPS) is 19.1. The van der Waals surface area contributed by atoms with Gasteiger partial charge in [0.15, 0.2) is 0 Å². The van der Waals surface area contributed by atoms with Gasteiger partial charge in [0.05, 0.1) is 12.8 Å². The van der Waals surface area contributed by atoms with Crippen molar-refractivity contribution < 1.29 is 13.2 Å². The lowest BCUT2D eigenvalue weighted by molar-refractivity contribution is -0.135. The molecule has 2 rings (SSSR count). The topological polar surface area (TPSA) is 70.6 Å². The first-order valence-corrected chi connectivity index (χ1v) is 9.90. The molecule has 23 heavy (non-hydrogen) atoms. The maximum Gasteiger partial charge on any atom is 0.238 e. The SMILES string of the molecule is CCC1CCCCN1C(=O)CN(Cc1cccnc1)S(C)(=O)=O. The zero-order valence-corrected chi connectivity index (χ0v) is 14.6. The van der Waals surface area contributed by atoms with E-state index in [-0.39, 0.29) is 25.0 Å². The summed E-state index contributed by atoms with van der Waals surface area (Å²) in [6.07, 6.45) is 8.44. The second-order valence-corrected chi connectivity index (χ2v) is 8.02. The van der Waals surface area contributed by atoms with E-state index in [1.54, 1.807) is 18.5 Å². The number of carbonyl (C=O) groups excluding carboxylic acids is 1. The minimum Gasteiger partial charge on any atom is -0.339 e. The Morgan fingerprint density at radius 3 is 2.83 bits per heavy atom. The van der Waals surface area contributed by atoms with Crippen LogP contribution in [0.1, 0.15) is 38.2 Å². The van der Waals surface area contributed by atoms with Crippen LogP contribution in [-0.2, 0) is 21.4 Å². The molecule has 1 aromatic heterocycles. The molecule has 1 saturated heterocycles. The standard InChI is InChI=1S/C16H25N3O3S/c1-3-15-8-4-5-10-19(15)16(20)13-18(23(2,21)22)12-14-7-6-9-17-11-14/h6-7,9,11,15H,3-5,8,10,12-13H2,1-2H3. The van der Waals surface area contributed by atoms with Gasteiger partial charge < -0.3 is 4.90 Å². The number of hydrogen-bond acceptors (Lipinski definition) is 4. The van der Waals surface area contributed by atoms with Crippen LogP contribution in [0.25, 0.3) is 0 Å². The molecule has 0 bridgehead atoms. The van der Waals surface area contributed by atoms with Crippen LogP contribution in [0.5, 0.6) is 0 Å². The molecule has 1 amide bonds. The second kappa shape index (κ2) is 7.88. The summed E-state index contributed by atoms with van der Waals surface area (Å²) < 4.78 is 25.3. The summed E-state index contributed by atoms with van der Waals surface area (Å²) in [5.74, 6) is -0.106. The smallest absolute Gasteiger partial charge is 0.238 e. The van der Waals surface area contributed by atoms with Crippen LogP contribution in [-0.4, -0.2) is 53.9 Å². The first-order chi connectivity index (χ1) is 10.9. The molecule has 0 aromatic carbocycles. The van der Waals surface area contributed by atoms with Crippen LogP contribution in [0.3, 0.4) is 0 Å². The maximum absolute atomic E-state index is 12.6. The average Bonchev–Trinajstić information content (AvgIpc) is 2.54. The van der Waals surface area contributed by atoms with Crippen LogP contribution in [0.4, 0.5) is 0 Å². The van der Waals surface area contributed by atoms with Gasteiger partial charge in [0, 0.05) is 31.5 Å². The van der Waals surface area contributed by atoms with Crippen LogP contribution in [0, 0.1) is 0 Å². The lowest BCUT2D eigenvalue weighted by atomic mass is 10.00. The van der Waals surface area contributed by atoms with Crippen LogP contribution >= 0.6 is 0 Å². The zero-order chi connectivity index (χ0) is 16.9. The molecule has 1 fully saturated rings. The van der Waals surface area contributed by atoms with Crippen molar-refractivity contribution in [2.45, 2.75) is 45.2 Å². The highest BCUT2D eigenvalue weighted by molar-refractivity contribution is 7.88. The van der Waals surface area contributed by atoms with Crippen molar-refractivity contribution in [3.05, 3.63) is 30.1 Å². The van der Waals surface area contributed by atoms with Gasteiger partial charge in [0.25, 0.3) is 0 Å². The summed E-state index contributed by atoms with van der Waals surface area (Å²) in [5.41, 5.74) is 0.774. The van der Waals surface area contributed by atoms with Gasteiger partial charge in [-0.2, -0.15) is 4.31 Å². The first-order valence-electron chi connectivity index (χ1n) is 8.05. The van der Waals surface area contributed by atoms with E-state index in [0.29, 0.717) is 0 Å². The van der Waals surface area contributed by atoms with E-state index >= 15 is 0 Å². The van der Waals surface area contributed by atoms with Gasteiger partial charge in [0.1, 0.15) is 0 Å². The third-order valence-electron chi connectivity index (χ3n) is 4.28. The van der Waals surface area contributed by atoms with E-state index in [4.69, 9.17) is 0 Å². The third kappa shape index (κ3) is 5.00. The number of hydrogen-bond donors (Lipinski definition) is 0. The number of carbonyl (C=O) groups is 1. The Kier molecular flexibility index (Phi) is 6.12. The summed E-state index contributed by atoms with van der Waals surface area (Å²) in [4.78, 5) is 18.5. The first kappa shape index (κ1) is 17.9. The van der Waals surface area contributed by atoms with Crippen LogP contribution in [0.2, 0.25) is 0 Å². The van der Waals surface area contributed by atoms with Crippen molar-refractivity contribution in [3.8, 4) is 0 Å². The van der Waals surface area contributed by atoms with Gasteiger partial charge in [-0.05, 0) is 37.3 Å². The molecule has 1 aromatic rings. The lowest BCUT2D eigenvalue weighted by Crippen LogP contribution is -2.48. The Morgan fingerprint density at radius 1 is 1.43 bits per heavy atom. The predicted octanol–water partition coefficient (Wildman–Crippen LogP) is 1.63. The van der Waals surface area contributed by atoms with Crippen molar-refractivity contribution in [1.29, 1.82) is 0 Å². The number of pyridine rings is 1. The summed E-state index contributed by atoms with van der Waals surface area (Å²) in [6, 6.07) is 3.80. The number of sulfonamides is 1. The molecule has 0 N–H and O–H groups in total. The molecule has 7 heteroatoms. The number of piperidine rings is 1. The molecule has 1 aliphatic rings. The summed E-state index contributed by atoms with van der Waals surface area (Å²) in [7, 11) is -3.46. The average molecular weight is 339 g/mol. The Morgan fingerprint density at radius 2 is 2.22 bits per heavy atom. The maximum atomic E-state index is 12.6. The molecule has 1 unspecified atom stereocenters. The van der Waals surface area contributed by atoms with Crippen molar-refractivity contribution in [2.24, 2.45) is 0 Å². The van der Waals surface area contributed by atoms with Crippen molar-refractivity contribution in [3.63, 3.8) is 0 Å². The molecule has 0 radical (unpaired) electrons. The van der Waals surface area contributed by atoms with Gasteiger partial charge in [-0.1, -0.05) is 13.0 Å². The summed E-state index contributed by atoms with van der Waals surface area (Å²) in [5, 5.41) is 0. The summed E-state index contributed by atoms with van der Waals surface area (Å²) in [6.45, 7) is 2.86. The van der Waals surface area contributed by atoms with Crippen molar-refractivity contribution >= 4 is 15.9 Å². The van der Waals surface area contributed by atoms with Gasteiger partial charge in [-0.25, -0.2) is 8.42 Å². The molecule has 2 heterocycles. The van der Waals surface area contributed by atoms with Gasteiger partial charge in [-0.3, -0.25) is 9.78 Å². The van der Waals surface area contributed by atoms with E-state index in [1.165, 1.54) is 4.31 Å². The van der Waals surface area contributed by atoms with Crippen LogP contribution < -0.4 is 0 Å². The van der Waals surface area contributed by atoms with Gasteiger partial charge >= 0.3 is 0 Å². The number of aromatic nitrogens is 1. The Labute approximate surface area is 138 Å². The molecule has 1 atom stereocenters.